The lowest BCUT2D eigenvalue weighted by atomic mass is 9.72. The topological polar surface area (TPSA) is 20.3 Å². The van der Waals surface area contributed by atoms with Crippen molar-refractivity contribution in [1.82, 2.24) is 0 Å². The average molecular weight is 426 g/mol. The molecule has 1 saturated heterocycles. The third kappa shape index (κ3) is 2.40. The van der Waals surface area contributed by atoms with Crippen LogP contribution in [0.2, 0.25) is 0 Å². The highest BCUT2D eigenvalue weighted by atomic mass is 35.5. The molecule has 1 fully saturated rings. The first-order valence-electron chi connectivity index (χ1n) is 9.14. The van der Waals surface area contributed by atoms with Gasteiger partial charge in [-0.3, -0.25) is 9.69 Å². The van der Waals surface area contributed by atoms with Crippen molar-refractivity contribution in [2.75, 3.05) is 4.90 Å². The van der Waals surface area contributed by atoms with Gasteiger partial charge in [0, 0.05) is 10.1 Å². The van der Waals surface area contributed by atoms with Crippen LogP contribution in [0.4, 0.5) is 5.69 Å². The molecule has 2 atom stereocenters. The van der Waals surface area contributed by atoms with Crippen LogP contribution in [0.1, 0.15) is 22.8 Å². The molecule has 3 aromatic carbocycles. The molecule has 0 aromatic heterocycles. The van der Waals surface area contributed by atoms with Gasteiger partial charge in [-0.15, -0.1) is 11.8 Å². The summed E-state index contributed by atoms with van der Waals surface area (Å²) in [6.45, 7) is 0. The Morgan fingerprint density at radius 1 is 0.857 bits per heavy atom. The van der Waals surface area contributed by atoms with Gasteiger partial charge >= 0.3 is 0 Å². The van der Waals surface area contributed by atoms with Crippen LogP contribution in [-0.4, -0.2) is 10.2 Å². The second kappa shape index (κ2) is 6.55. The number of alkyl halides is 2. The van der Waals surface area contributed by atoms with Gasteiger partial charge in [0.15, 0.2) is 0 Å². The Morgan fingerprint density at radius 2 is 1.46 bits per heavy atom. The number of thioether (sulfide) groups is 1. The number of benzene rings is 3. The molecular weight excluding hydrogens is 409 g/mol. The Bertz CT molecular complexity index is 1040. The summed E-state index contributed by atoms with van der Waals surface area (Å²) in [6.07, 6.45) is 0.624. The van der Waals surface area contributed by atoms with Gasteiger partial charge in [-0.1, -0.05) is 96.0 Å². The van der Waals surface area contributed by atoms with Gasteiger partial charge in [-0.2, -0.15) is 0 Å². The maximum atomic E-state index is 13.1. The van der Waals surface area contributed by atoms with Gasteiger partial charge in [0.25, 0.3) is 5.91 Å². The standard InChI is InChI=1S/C23H17Cl2NOS/c24-23(25)21(27)26-18-13-7-8-14-19(18)28-20(16-9-3-1-4-10-16)15-22(23,26)17-11-5-2-6-12-17/h1-14,20H,15H2/t20-,22+/m1/s1. The molecule has 3 aromatic rings. The molecule has 0 spiro atoms. The van der Waals surface area contributed by atoms with Gasteiger partial charge in [0.2, 0.25) is 4.33 Å². The highest BCUT2D eigenvalue weighted by molar-refractivity contribution is 7.99. The molecule has 0 bridgehead atoms. The van der Waals surface area contributed by atoms with Gasteiger partial charge in [-0.05, 0) is 29.7 Å². The number of nitrogens with zero attached hydrogens (tertiary/aromatic N) is 1. The second-order valence-electron chi connectivity index (χ2n) is 7.13. The number of anilines is 1. The Labute approximate surface area is 178 Å². The van der Waals surface area contributed by atoms with E-state index in [0.29, 0.717) is 6.42 Å². The van der Waals surface area contributed by atoms with Crippen LogP contribution >= 0.6 is 35.0 Å². The maximum Gasteiger partial charge on any atom is 0.267 e. The minimum Gasteiger partial charge on any atom is -0.295 e. The molecule has 0 aliphatic carbocycles. The van der Waals surface area contributed by atoms with E-state index in [-0.39, 0.29) is 11.2 Å². The predicted molar refractivity (Wildman–Crippen MR) is 116 cm³/mol. The first-order chi connectivity index (χ1) is 13.6. The molecule has 5 heteroatoms. The van der Waals surface area contributed by atoms with E-state index >= 15 is 0 Å². The zero-order chi connectivity index (χ0) is 19.4. The van der Waals surface area contributed by atoms with Gasteiger partial charge in [0.05, 0.1) is 5.69 Å². The summed E-state index contributed by atoms with van der Waals surface area (Å²) in [6, 6.07) is 28.3. The highest BCUT2D eigenvalue weighted by Crippen LogP contribution is 2.65. The molecule has 1 amide bonds. The zero-order valence-corrected chi connectivity index (χ0v) is 17.2. The Morgan fingerprint density at radius 3 is 2.18 bits per heavy atom. The van der Waals surface area contributed by atoms with E-state index in [4.69, 9.17) is 23.2 Å². The summed E-state index contributed by atoms with van der Waals surface area (Å²) in [5.41, 5.74) is 2.20. The van der Waals surface area contributed by atoms with Crippen LogP contribution in [0.3, 0.4) is 0 Å². The number of amides is 1. The third-order valence-corrected chi connectivity index (χ3v) is 7.92. The van der Waals surface area contributed by atoms with Crippen molar-refractivity contribution in [3.8, 4) is 0 Å². The van der Waals surface area contributed by atoms with E-state index in [1.165, 1.54) is 5.56 Å². The molecule has 0 radical (unpaired) electrons. The van der Waals surface area contributed by atoms with Gasteiger partial charge in [-0.25, -0.2) is 0 Å². The lowest BCUT2D eigenvalue weighted by Crippen LogP contribution is -2.76. The lowest BCUT2D eigenvalue weighted by molar-refractivity contribution is -0.129. The number of halogens is 2. The molecule has 5 rings (SSSR count). The SMILES string of the molecule is O=C1N2c3ccccc3S[C@@H](c3ccccc3)C[C@]2(c2ccccc2)C1(Cl)Cl. The first-order valence-corrected chi connectivity index (χ1v) is 10.8. The van der Waals surface area contributed by atoms with Crippen LogP contribution in [0.25, 0.3) is 0 Å². The fourth-order valence-corrected chi connectivity index (χ4v) is 6.39. The van der Waals surface area contributed by atoms with E-state index in [2.05, 4.69) is 18.2 Å². The van der Waals surface area contributed by atoms with Crippen LogP contribution in [-0.2, 0) is 10.3 Å². The molecule has 140 valence electrons. The van der Waals surface area contributed by atoms with Crippen molar-refractivity contribution in [1.29, 1.82) is 0 Å². The van der Waals surface area contributed by atoms with Crippen molar-refractivity contribution in [2.45, 2.75) is 26.4 Å². The highest BCUT2D eigenvalue weighted by Gasteiger charge is 2.72. The molecule has 2 aliphatic rings. The molecule has 28 heavy (non-hydrogen) atoms. The first kappa shape index (κ1) is 18.1. The van der Waals surface area contributed by atoms with Crippen LogP contribution in [0, 0.1) is 0 Å². The Kier molecular flexibility index (Phi) is 4.24. The molecule has 2 nitrogen and oxygen atoms in total. The number of rotatable bonds is 2. The van der Waals surface area contributed by atoms with Crippen LogP contribution in [0.5, 0.6) is 0 Å². The van der Waals surface area contributed by atoms with Crippen molar-refractivity contribution in [3.63, 3.8) is 0 Å². The number of para-hydroxylation sites is 1. The molecule has 2 heterocycles. The van der Waals surface area contributed by atoms with Crippen molar-refractivity contribution in [3.05, 3.63) is 96.1 Å². The lowest BCUT2D eigenvalue weighted by Gasteiger charge is -2.59. The molecule has 0 N–H and O–H groups in total. The van der Waals surface area contributed by atoms with Crippen molar-refractivity contribution < 1.29 is 4.79 Å². The van der Waals surface area contributed by atoms with E-state index < -0.39 is 9.87 Å². The normalized spacial score (nSPS) is 25.3. The fraction of sp³-hybridized carbons (Fsp3) is 0.174. The summed E-state index contributed by atoms with van der Waals surface area (Å²) in [5.74, 6) is -0.263. The second-order valence-corrected chi connectivity index (χ2v) is 9.70. The van der Waals surface area contributed by atoms with Gasteiger partial charge in [0.1, 0.15) is 5.54 Å². The molecule has 2 aliphatic heterocycles. The third-order valence-electron chi connectivity index (χ3n) is 5.65. The number of carbonyl (C=O) groups excluding carboxylic acids is 1. The summed E-state index contributed by atoms with van der Waals surface area (Å²) in [4.78, 5) is 16.0. The van der Waals surface area contributed by atoms with Gasteiger partial charge < -0.3 is 0 Å². The number of carbonyl (C=O) groups is 1. The largest absolute Gasteiger partial charge is 0.295 e. The fourth-order valence-electron chi connectivity index (χ4n) is 4.31. The molecule has 0 unspecified atom stereocenters. The monoisotopic (exact) mass is 425 g/mol. The number of fused-ring (bicyclic) bond motifs is 3. The quantitative estimate of drug-likeness (QED) is 0.352. The van der Waals surface area contributed by atoms with E-state index in [1.807, 2.05) is 71.6 Å². The van der Waals surface area contributed by atoms with Crippen molar-refractivity contribution in [2.24, 2.45) is 0 Å². The molecule has 0 saturated carbocycles. The average Bonchev–Trinajstić information content (AvgIpc) is 2.89. The predicted octanol–water partition coefficient (Wildman–Crippen LogP) is 6.34. The van der Waals surface area contributed by atoms with E-state index in [1.54, 1.807) is 11.8 Å². The number of hydrogen-bond donors (Lipinski definition) is 0. The number of β-lactam (4-membered cyclic amide) rings is 1. The van der Waals surface area contributed by atoms with Crippen molar-refractivity contribution >= 4 is 46.6 Å². The Hall–Kier alpha value is -1.94. The molecular formula is C23H17Cl2NOS. The summed E-state index contributed by atoms with van der Waals surface area (Å²) in [5, 5.41) is 0.109. The smallest absolute Gasteiger partial charge is 0.267 e. The number of hydrogen-bond acceptors (Lipinski definition) is 2. The summed E-state index contributed by atoms with van der Waals surface area (Å²) in [7, 11) is 0. The summed E-state index contributed by atoms with van der Waals surface area (Å²) >= 11 is 15.3. The summed E-state index contributed by atoms with van der Waals surface area (Å²) < 4.78 is -1.51. The van der Waals surface area contributed by atoms with Crippen LogP contribution < -0.4 is 4.90 Å². The van der Waals surface area contributed by atoms with Crippen LogP contribution in [0.15, 0.2) is 89.8 Å². The zero-order valence-electron chi connectivity index (χ0n) is 14.9. The van der Waals surface area contributed by atoms with E-state index in [0.717, 1.165) is 16.1 Å². The maximum absolute atomic E-state index is 13.1. The Balaban J connectivity index is 1.77. The minimum atomic E-state index is -1.51. The minimum absolute atomic E-state index is 0.109. The van der Waals surface area contributed by atoms with E-state index in [9.17, 15) is 4.79 Å².